The van der Waals surface area contributed by atoms with Gasteiger partial charge in [0.05, 0.1) is 5.56 Å². The van der Waals surface area contributed by atoms with Gasteiger partial charge in [-0.15, -0.1) is 0 Å². The lowest BCUT2D eigenvalue weighted by atomic mass is 10.2. The molecule has 2 N–H and O–H groups in total. The van der Waals surface area contributed by atoms with Crippen molar-refractivity contribution in [3.63, 3.8) is 0 Å². The number of hydrogen-bond donors (Lipinski definition) is 2. The van der Waals surface area contributed by atoms with Gasteiger partial charge in [0.15, 0.2) is 0 Å². The summed E-state index contributed by atoms with van der Waals surface area (Å²) in [7, 11) is 0. The number of hydrogen-bond acceptors (Lipinski definition) is 4. The molecule has 0 aromatic carbocycles. The van der Waals surface area contributed by atoms with E-state index >= 15 is 0 Å². The Bertz CT molecular complexity index is 442. The topological polar surface area (TPSA) is 79.3 Å². The Hall–Kier alpha value is -1.08. The zero-order valence-corrected chi connectivity index (χ0v) is 12.1. The predicted octanol–water partition coefficient (Wildman–Crippen LogP) is 1.78. The summed E-state index contributed by atoms with van der Waals surface area (Å²) in [5.74, 6) is -0.799. The van der Waals surface area contributed by atoms with Crippen molar-refractivity contribution < 1.29 is 14.7 Å². The number of halogens is 1. The summed E-state index contributed by atoms with van der Waals surface area (Å²) in [4.78, 5) is 26.8. The lowest BCUT2D eigenvalue weighted by Gasteiger charge is -2.14. The number of amides is 1. The van der Waals surface area contributed by atoms with Gasteiger partial charge >= 0.3 is 5.97 Å². The minimum absolute atomic E-state index is 0.327. The SMILES string of the molecule is CSCC[C@H](NC(=O)c1cccnc1Br)C(=O)O. The van der Waals surface area contributed by atoms with Crippen molar-refractivity contribution in [2.45, 2.75) is 12.5 Å². The fraction of sp³-hybridized carbons (Fsp3) is 0.364. The molecule has 0 aliphatic carbocycles. The Morgan fingerprint density at radius 1 is 1.61 bits per heavy atom. The van der Waals surface area contributed by atoms with E-state index in [9.17, 15) is 9.59 Å². The first-order chi connectivity index (χ1) is 8.56. The van der Waals surface area contributed by atoms with E-state index in [1.54, 1.807) is 18.3 Å². The normalized spacial score (nSPS) is 11.9. The molecule has 0 fully saturated rings. The van der Waals surface area contributed by atoms with Gasteiger partial charge in [-0.3, -0.25) is 4.79 Å². The van der Waals surface area contributed by atoms with Crippen molar-refractivity contribution in [3.8, 4) is 0 Å². The molecule has 7 heteroatoms. The van der Waals surface area contributed by atoms with Crippen LogP contribution in [0.25, 0.3) is 0 Å². The number of rotatable bonds is 6. The number of aromatic nitrogens is 1. The standard InChI is InChI=1S/C11H13BrN2O3S/c1-18-6-4-8(11(16)17)14-10(15)7-3-2-5-13-9(7)12/h2-3,5,8H,4,6H2,1H3,(H,14,15)(H,16,17)/t8-/m0/s1. The van der Waals surface area contributed by atoms with Gasteiger partial charge in [-0.25, -0.2) is 9.78 Å². The molecule has 18 heavy (non-hydrogen) atoms. The van der Waals surface area contributed by atoms with E-state index in [0.29, 0.717) is 22.3 Å². The molecule has 0 spiro atoms. The van der Waals surface area contributed by atoms with Gasteiger partial charge in [-0.05, 0) is 46.5 Å². The number of nitrogens with zero attached hydrogens (tertiary/aromatic N) is 1. The number of carboxylic acids is 1. The fourth-order valence-electron chi connectivity index (χ4n) is 1.28. The summed E-state index contributed by atoms with van der Waals surface area (Å²) in [6, 6.07) is 2.33. The molecular weight excluding hydrogens is 320 g/mol. The Morgan fingerprint density at radius 3 is 2.89 bits per heavy atom. The number of aliphatic carboxylic acids is 1. The first-order valence-corrected chi connectivity index (χ1v) is 7.38. The van der Waals surface area contributed by atoms with Gasteiger partial charge in [0.2, 0.25) is 0 Å². The number of thioether (sulfide) groups is 1. The third kappa shape index (κ3) is 4.30. The summed E-state index contributed by atoms with van der Waals surface area (Å²) in [5, 5.41) is 11.5. The molecule has 1 rings (SSSR count). The van der Waals surface area contributed by atoms with Gasteiger partial charge < -0.3 is 10.4 Å². The van der Waals surface area contributed by atoms with Crippen LogP contribution in [-0.4, -0.2) is 40.0 Å². The minimum atomic E-state index is -1.03. The van der Waals surface area contributed by atoms with Crippen molar-refractivity contribution in [1.29, 1.82) is 0 Å². The quantitative estimate of drug-likeness (QED) is 0.776. The van der Waals surface area contributed by atoms with E-state index in [4.69, 9.17) is 5.11 Å². The van der Waals surface area contributed by atoms with Gasteiger partial charge in [0, 0.05) is 6.20 Å². The van der Waals surface area contributed by atoms with E-state index in [0.717, 1.165) is 0 Å². The summed E-state index contributed by atoms with van der Waals surface area (Å²) < 4.78 is 0.400. The highest BCUT2D eigenvalue weighted by Crippen LogP contribution is 2.13. The molecule has 1 atom stereocenters. The maximum absolute atomic E-state index is 11.9. The van der Waals surface area contributed by atoms with Crippen molar-refractivity contribution in [3.05, 3.63) is 28.5 Å². The number of carbonyl (C=O) groups excluding carboxylic acids is 1. The molecule has 0 saturated heterocycles. The zero-order valence-electron chi connectivity index (χ0n) is 9.72. The van der Waals surface area contributed by atoms with Crippen LogP contribution >= 0.6 is 27.7 Å². The van der Waals surface area contributed by atoms with E-state index in [1.165, 1.54) is 11.8 Å². The molecule has 5 nitrogen and oxygen atoms in total. The summed E-state index contributed by atoms with van der Waals surface area (Å²) in [6.07, 6.45) is 3.82. The fourth-order valence-corrected chi connectivity index (χ4v) is 2.19. The van der Waals surface area contributed by atoms with E-state index in [1.807, 2.05) is 6.26 Å². The van der Waals surface area contributed by atoms with Gasteiger partial charge in [-0.1, -0.05) is 0 Å². The maximum atomic E-state index is 11.9. The average molecular weight is 333 g/mol. The van der Waals surface area contributed by atoms with Crippen molar-refractivity contribution in [2.75, 3.05) is 12.0 Å². The second-order valence-corrected chi connectivity index (χ2v) is 5.22. The monoisotopic (exact) mass is 332 g/mol. The zero-order chi connectivity index (χ0) is 13.5. The Balaban J connectivity index is 2.72. The van der Waals surface area contributed by atoms with Crippen LogP contribution in [0.3, 0.4) is 0 Å². The first-order valence-electron chi connectivity index (χ1n) is 5.19. The largest absolute Gasteiger partial charge is 0.480 e. The minimum Gasteiger partial charge on any atom is -0.480 e. The summed E-state index contributed by atoms with van der Waals surface area (Å²) in [6.45, 7) is 0. The second kappa shape index (κ2) is 7.38. The van der Waals surface area contributed by atoms with E-state index in [-0.39, 0.29) is 0 Å². The molecule has 1 aromatic heterocycles. The molecule has 0 radical (unpaired) electrons. The maximum Gasteiger partial charge on any atom is 0.326 e. The molecule has 0 aliphatic rings. The number of nitrogens with one attached hydrogen (secondary N) is 1. The van der Waals surface area contributed by atoms with Crippen LogP contribution in [0.4, 0.5) is 0 Å². The highest BCUT2D eigenvalue weighted by molar-refractivity contribution is 9.10. The van der Waals surface area contributed by atoms with Gasteiger partial charge in [0.25, 0.3) is 5.91 Å². The molecule has 1 aromatic rings. The third-order valence-corrected chi connectivity index (χ3v) is 3.49. The molecule has 0 aliphatic heterocycles. The second-order valence-electron chi connectivity index (χ2n) is 3.49. The number of carboxylic acid groups (broad SMARTS) is 1. The van der Waals surface area contributed by atoms with Crippen LogP contribution in [0.1, 0.15) is 16.8 Å². The average Bonchev–Trinajstić information content (AvgIpc) is 2.34. The van der Waals surface area contributed by atoms with Crippen LogP contribution in [0.5, 0.6) is 0 Å². The number of carbonyl (C=O) groups is 2. The van der Waals surface area contributed by atoms with Crippen LogP contribution in [-0.2, 0) is 4.79 Å². The molecular formula is C11H13BrN2O3S. The van der Waals surface area contributed by atoms with Crippen molar-refractivity contribution in [1.82, 2.24) is 10.3 Å². The van der Waals surface area contributed by atoms with Gasteiger partial charge in [0.1, 0.15) is 10.6 Å². The Morgan fingerprint density at radius 2 is 2.33 bits per heavy atom. The first kappa shape index (κ1) is 15.0. The highest BCUT2D eigenvalue weighted by atomic mass is 79.9. The highest BCUT2D eigenvalue weighted by Gasteiger charge is 2.21. The molecule has 0 unspecified atom stereocenters. The molecule has 0 bridgehead atoms. The predicted molar refractivity (Wildman–Crippen MR) is 73.8 cm³/mol. The lowest BCUT2D eigenvalue weighted by molar-refractivity contribution is -0.139. The van der Waals surface area contributed by atoms with Crippen LogP contribution in [0, 0.1) is 0 Å². The number of pyridine rings is 1. The summed E-state index contributed by atoms with van der Waals surface area (Å²) in [5.41, 5.74) is 0.327. The van der Waals surface area contributed by atoms with Gasteiger partial charge in [-0.2, -0.15) is 11.8 Å². The Labute approximate surface area is 117 Å². The van der Waals surface area contributed by atoms with Crippen LogP contribution in [0.15, 0.2) is 22.9 Å². The molecule has 1 heterocycles. The summed E-state index contributed by atoms with van der Waals surface area (Å²) >= 11 is 4.69. The van der Waals surface area contributed by atoms with E-state index < -0.39 is 17.9 Å². The third-order valence-electron chi connectivity index (χ3n) is 2.22. The lowest BCUT2D eigenvalue weighted by Crippen LogP contribution is -2.41. The smallest absolute Gasteiger partial charge is 0.326 e. The molecule has 1 amide bonds. The van der Waals surface area contributed by atoms with Crippen molar-refractivity contribution >= 4 is 39.6 Å². The molecule has 98 valence electrons. The van der Waals surface area contributed by atoms with E-state index in [2.05, 4.69) is 26.2 Å². The van der Waals surface area contributed by atoms with Crippen LogP contribution < -0.4 is 5.32 Å². The molecule has 0 saturated carbocycles. The van der Waals surface area contributed by atoms with Crippen LogP contribution in [0.2, 0.25) is 0 Å². The van der Waals surface area contributed by atoms with Crippen molar-refractivity contribution in [2.24, 2.45) is 0 Å². The Kier molecular flexibility index (Phi) is 6.14.